The molecule has 2 aliphatic carbocycles. The first-order chi connectivity index (χ1) is 18.3. The van der Waals surface area contributed by atoms with Gasteiger partial charge in [0.1, 0.15) is 6.61 Å². The molecule has 0 fully saturated rings. The summed E-state index contributed by atoms with van der Waals surface area (Å²) < 4.78 is 11.8. The number of ketones is 2. The Bertz CT molecular complexity index is 1400. The maximum atomic E-state index is 13.6. The first-order valence-electron chi connectivity index (χ1n) is 13.0. The third-order valence-corrected chi connectivity index (χ3v) is 8.56. The Morgan fingerprint density at radius 1 is 0.846 bits per heavy atom. The van der Waals surface area contributed by atoms with Crippen molar-refractivity contribution in [2.24, 2.45) is 10.8 Å². The number of halogens is 3. The van der Waals surface area contributed by atoms with E-state index in [1.807, 2.05) is 6.07 Å². The maximum Gasteiger partial charge on any atom is 0.180 e. The van der Waals surface area contributed by atoms with E-state index in [2.05, 4.69) is 33.0 Å². The zero-order valence-electron chi connectivity index (χ0n) is 22.8. The van der Waals surface area contributed by atoms with Gasteiger partial charge in [-0.15, -0.1) is 0 Å². The summed E-state index contributed by atoms with van der Waals surface area (Å²) in [7, 11) is 1.54. The van der Waals surface area contributed by atoms with Crippen LogP contribution in [0.3, 0.4) is 0 Å². The van der Waals surface area contributed by atoms with Crippen molar-refractivity contribution in [1.82, 2.24) is 5.32 Å². The first-order valence-corrected chi connectivity index (χ1v) is 14.2. The van der Waals surface area contributed by atoms with Gasteiger partial charge in [0.05, 0.1) is 12.1 Å². The molecule has 3 aliphatic rings. The second-order valence-electron chi connectivity index (χ2n) is 12.3. The topological polar surface area (TPSA) is 64.6 Å². The Morgan fingerprint density at radius 3 is 1.97 bits per heavy atom. The van der Waals surface area contributed by atoms with Crippen molar-refractivity contribution in [3.63, 3.8) is 0 Å². The SMILES string of the molecule is COc1cc(C2C3=C(CC(C)(C)CC3=O)NC3=C2C(=O)CC(C)(C)C3)cc(Cl)c1OCc1ccc(Cl)cc1Cl. The number of hydrogen-bond acceptors (Lipinski definition) is 5. The monoisotopic (exact) mass is 587 g/mol. The predicted molar refractivity (Wildman–Crippen MR) is 155 cm³/mol. The lowest BCUT2D eigenvalue weighted by Gasteiger charge is -2.44. The average Bonchev–Trinajstić information content (AvgIpc) is 2.81. The van der Waals surface area contributed by atoms with Gasteiger partial charge in [-0.25, -0.2) is 0 Å². The Hall–Kier alpha value is -2.47. The number of benzene rings is 2. The Balaban J connectivity index is 1.59. The fourth-order valence-electron chi connectivity index (χ4n) is 6.06. The number of rotatable bonds is 5. The summed E-state index contributed by atoms with van der Waals surface area (Å²) in [6.45, 7) is 8.56. The van der Waals surface area contributed by atoms with Gasteiger partial charge in [0.15, 0.2) is 23.1 Å². The fourth-order valence-corrected chi connectivity index (χ4v) is 6.79. The minimum atomic E-state index is -0.519. The molecule has 0 aromatic heterocycles. The quantitative estimate of drug-likeness (QED) is 0.381. The van der Waals surface area contributed by atoms with Crippen LogP contribution in [0.2, 0.25) is 15.1 Å². The van der Waals surface area contributed by atoms with Crippen molar-refractivity contribution >= 4 is 46.4 Å². The number of hydrogen-bond donors (Lipinski definition) is 1. The number of carbonyl (C=O) groups is 2. The number of nitrogens with one attached hydrogen (secondary N) is 1. The molecular weight excluding hydrogens is 557 g/mol. The van der Waals surface area contributed by atoms with Gasteiger partial charge in [-0.1, -0.05) is 68.6 Å². The highest BCUT2D eigenvalue weighted by Crippen LogP contribution is 2.52. The number of ether oxygens (including phenoxy) is 2. The first kappa shape index (κ1) is 28.1. The zero-order chi connectivity index (χ0) is 28.3. The van der Waals surface area contributed by atoms with E-state index in [0.29, 0.717) is 50.6 Å². The summed E-state index contributed by atoms with van der Waals surface area (Å²) in [6.07, 6.45) is 2.29. The van der Waals surface area contributed by atoms with Crippen LogP contribution in [0.5, 0.6) is 11.5 Å². The molecule has 0 saturated carbocycles. The molecule has 0 radical (unpaired) electrons. The molecule has 8 heteroatoms. The van der Waals surface area contributed by atoms with Crippen LogP contribution in [0.4, 0.5) is 0 Å². The predicted octanol–water partition coefficient (Wildman–Crippen LogP) is 8.21. The molecule has 2 aromatic carbocycles. The van der Waals surface area contributed by atoms with Crippen LogP contribution >= 0.6 is 34.8 Å². The largest absolute Gasteiger partial charge is 0.493 e. The summed E-state index contributed by atoms with van der Waals surface area (Å²) in [5.74, 6) is 0.358. The van der Waals surface area contributed by atoms with Crippen molar-refractivity contribution in [2.75, 3.05) is 7.11 Å². The van der Waals surface area contributed by atoms with Gasteiger partial charge in [-0.3, -0.25) is 9.59 Å². The van der Waals surface area contributed by atoms with Gasteiger partial charge in [-0.05, 0) is 53.5 Å². The van der Waals surface area contributed by atoms with Gasteiger partial charge in [-0.2, -0.15) is 0 Å². The van der Waals surface area contributed by atoms with Crippen molar-refractivity contribution in [2.45, 2.75) is 65.9 Å². The van der Waals surface area contributed by atoms with Crippen LogP contribution in [0.25, 0.3) is 0 Å². The summed E-state index contributed by atoms with van der Waals surface area (Å²) in [5, 5.41) is 4.88. The highest BCUT2D eigenvalue weighted by molar-refractivity contribution is 6.35. The van der Waals surface area contributed by atoms with Gasteiger partial charge < -0.3 is 14.8 Å². The van der Waals surface area contributed by atoms with Crippen LogP contribution in [0, 0.1) is 10.8 Å². The van der Waals surface area contributed by atoms with Crippen molar-refractivity contribution < 1.29 is 19.1 Å². The molecule has 206 valence electrons. The molecule has 0 unspecified atom stereocenters. The van der Waals surface area contributed by atoms with Crippen LogP contribution in [0.15, 0.2) is 52.9 Å². The van der Waals surface area contributed by atoms with E-state index in [9.17, 15) is 9.59 Å². The average molecular weight is 589 g/mol. The lowest BCUT2D eigenvalue weighted by molar-refractivity contribution is -0.119. The summed E-state index contributed by atoms with van der Waals surface area (Å²) in [5.41, 5.74) is 4.25. The molecule has 0 bridgehead atoms. The van der Waals surface area contributed by atoms with E-state index in [0.717, 1.165) is 35.4 Å². The number of allylic oxidation sites excluding steroid dienone is 4. The molecular formula is C31H32Cl3NO4. The lowest BCUT2D eigenvalue weighted by atomic mass is 9.64. The molecule has 1 N–H and O–H groups in total. The normalized spacial score (nSPS) is 20.4. The molecule has 0 atom stereocenters. The number of Topliss-reactive ketones (excluding diaryl/α,β-unsaturated/α-hetero) is 2. The summed E-state index contributed by atoms with van der Waals surface area (Å²) in [6, 6.07) is 8.81. The number of dihydropyridines is 1. The molecule has 2 aromatic rings. The summed E-state index contributed by atoms with van der Waals surface area (Å²) in [4.78, 5) is 27.2. The van der Waals surface area contributed by atoms with Gasteiger partial charge >= 0.3 is 0 Å². The molecule has 1 heterocycles. The molecule has 0 amide bonds. The van der Waals surface area contributed by atoms with Gasteiger partial charge in [0, 0.05) is 56.9 Å². The zero-order valence-corrected chi connectivity index (χ0v) is 25.0. The minimum Gasteiger partial charge on any atom is -0.493 e. The Kier molecular flexibility index (Phi) is 7.32. The van der Waals surface area contributed by atoms with E-state index >= 15 is 0 Å². The molecule has 39 heavy (non-hydrogen) atoms. The minimum absolute atomic E-state index is 0.0516. The highest BCUT2D eigenvalue weighted by Gasteiger charge is 2.46. The third-order valence-electron chi connectivity index (χ3n) is 7.69. The molecule has 5 rings (SSSR count). The van der Waals surface area contributed by atoms with Crippen molar-refractivity contribution in [3.8, 4) is 11.5 Å². The van der Waals surface area contributed by atoms with Crippen molar-refractivity contribution in [3.05, 3.63) is 79.1 Å². The van der Waals surface area contributed by atoms with Gasteiger partial charge in [0.2, 0.25) is 0 Å². The summed E-state index contributed by atoms with van der Waals surface area (Å²) >= 11 is 19.1. The Labute approximate surface area is 244 Å². The van der Waals surface area contributed by atoms with E-state index < -0.39 is 5.92 Å². The van der Waals surface area contributed by atoms with E-state index in [1.54, 1.807) is 24.3 Å². The van der Waals surface area contributed by atoms with Crippen LogP contribution in [0.1, 0.15) is 70.4 Å². The Morgan fingerprint density at radius 2 is 1.44 bits per heavy atom. The lowest BCUT2D eigenvalue weighted by Crippen LogP contribution is -2.42. The number of carbonyl (C=O) groups excluding carboxylic acids is 2. The van der Waals surface area contributed by atoms with E-state index in [-0.39, 0.29) is 29.0 Å². The van der Waals surface area contributed by atoms with Crippen molar-refractivity contribution in [1.29, 1.82) is 0 Å². The molecule has 5 nitrogen and oxygen atoms in total. The molecule has 1 aliphatic heterocycles. The van der Waals surface area contributed by atoms with Gasteiger partial charge in [0.25, 0.3) is 0 Å². The second-order valence-corrected chi connectivity index (χ2v) is 13.5. The van der Waals surface area contributed by atoms with Crippen LogP contribution in [-0.2, 0) is 16.2 Å². The molecule has 0 spiro atoms. The number of methoxy groups -OCH3 is 1. The fraction of sp³-hybridized carbons (Fsp3) is 0.419. The highest BCUT2D eigenvalue weighted by atomic mass is 35.5. The second kappa shape index (κ2) is 10.2. The third kappa shape index (κ3) is 5.46. The van der Waals surface area contributed by atoms with E-state index in [4.69, 9.17) is 44.3 Å². The smallest absolute Gasteiger partial charge is 0.180 e. The molecule has 0 saturated heterocycles. The van der Waals surface area contributed by atoms with E-state index in [1.165, 1.54) is 7.11 Å². The maximum absolute atomic E-state index is 13.6. The standard InChI is InChI=1S/C31H32Cl3NO4/c1-30(2)11-21-27(23(36)13-30)26(28-22(35-21)12-31(3,4)14-24(28)37)17-8-20(34)29(25(9-17)38-5)39-15-16-6-7-18(32)10-19(16)33/h6-10,26,35H,11-15H2,1-5H3. The van der Waals surface area contributed by atoms with Crippen LogP contribution < -0.4 is 14.8 Å². The van der Waals surface area contributed by atoms with Crippen LogP contribution in [-0.4, -0.2) is 18.7 Å².